The van der Waals surface area contributed by atoms with Gasteiger partial charge in [0.1, 0.15) is 12.1 Å². The van der Waals surface area contributed by atoms with E-state index in [4.69, 9.17) is 15.9 Å². The Kier molecular flexibility index (Phi) is 11.9. The van der Waals surface area contributed by atoms with Gasteiger partial charge in [0.05, 0.1) is 19.0 Å². The third-order valence-electron chi connectivity index (χ3n) is 3.70. The predicted octanol–water partition coefficient (Wildman–Crippen LogP) is -1.63. The normalized spacial score (nSPS) is 13.9. The molecule has 0 radical (unpaired) electrons. The van der Waals surface area contributed by atoms with Crippen LogP contribution in [0.25, 0.3) is 0 Å². The van der Waals surface area contributed by atoms with Crippen LogP contribution >= 0.6 is 11.8 Å². The molecule has 160 valence electrons. The molecule has 0 aromatic heterocycles. The SMILES string of the molecule is CSCCC(NC(=O)CNC(=O)C(CC(=O)O)NC(=O)C(N)C(C)C)C(=O)O. The maximum atomic E-state index is 12.2. The van der Waals surface area contributed by atoms with Crippen molar-refractivity contribution in [1.82, 2.24) is 16.0 Å². The lowest BCUT2D eigenvalue weighted by Crippen LogP contribution is -2.55. The second-order valence-corrected chi connectivity index (χ2v) is 7.37. The first-order valence-corrected chi connectivity index (χ1v) is 9.95. The number of carbonyl (C=O) groups excluding carboxylic acids is 3. The van der Waals surface area contributed by atoms with Gasteiger partial charge in [0.25, 0.3) is 0 Å². The van der Waals surface area contributed by atoms with Gasteiger partial charge in [-0.3, -0.25) is 19.2 Å². The van der Waals surface area contributed by atoms with Gasteiger partial charge in [0, 0.05) is 0 Å². The van der Waals surface area contributed by atoms with Crippen molar-refractivity contribution in [2.24, 2.45) is 11.7 Å². The Morgan fingerprint density at radius 1 is 1.00 bits per heavy atom. The molecule has 28 heavy (non-hydrogen) atoms. The van der Waals surface area contributed by atoms with E-state index in [1.165, 1.54) is 11.8 Å². The molecule has 11 nitrogen and oxygen atoms in total. The Bertz CT molecular complexity index is 585. The fourth-order valence-corrected chi connectivity index (χ4v) is 2.46. The van der Waals surface area contributed by atoms with Crippen LogP contribution in [0.3, 0.4) is 0 Å². The number of nitrogens with two attached hydrogens (primary N) is 1. The highest BCUT2D eigenvalue weighted by Gasteiger charge is 2.27. The molecule has 3 unspecified atom stereocenters. The Hall–Kier alpha value is -2.34. The maximum absolute atomic E-state index is 12.2. The Balaban J connectivity index is 4.80. The fourth-order valence-electron chi connectivity index (χ4n) is 1.98. The minimum absolute atomic E-state index is 0.209. The second-order valence-electron chi connectivity index (χ2n) is 6.39. The summed E-state index contributed by atoms with van der Waals surface area (Å²) in [7, 11) is 0. The summed E-state index contributed by atoms with van der Waals surface area (Å²) in [5.74, 6) is -4.57. The lowest BCUT2D eigenvalue weighted by atomic mass is 10.0. The van der Waals surface area contributed by atoms with Gasteiger partial charge in [-0.2, -0.15) is 11.8 Å². The van der Waals surface area contributed by atoms with Crippen LogP contribution < -0.4 is 21.7 Å². The summed E-state index contributed by atoms with van der Waals surface area (Å²) in [5.41, 5.74) is 5.67. The molecule has 0 bridgehead atoms. The van der Waals surface area contributed by atoms with E-state index < -0.39 is 60.8 Å². The molecule has 0 saturated carbocycles. The summed E-state index contributed by atoms with van der Waals surface area (Å²) in [6.07, 6.45) is 1.31. The van der Waals surface area contributed by atoms with Crippen LogP contribution in [0.4, 0.5) is 0 Å². The molecule has 12 heteroatoms. The Morgan fingerprint density at radius 3 is 2.07 bits per heavy atom. The predicted molar refractivity (Wildman–Crippen MR) is 103 cm³/mol. The summed E-state index contributed by atoms with van der Waals surface area (Å²) >= 11 is 1.42. The molecule has 7 N–H and O–H groups in total. The summed E-state index contributed by atoms with van der Waals surface area (Å²) in [6.45, 7) is 2.82. The number of amides is 3. The summed E-state index contributed by atoms with van der Waals surface area (Å²) < 4.78 is 0. The molecule has 0 rings (SSSR count). The smallest absolute Gasteiger partial charge is 0.326 e. The molecule has 0 spiro atoms. The van der Waals surface area contributed by atoms with Crippen molar-refractivity contribution < 1.29 is 34.2 Å². The van der Waals surface area contributed by atoms with E-state index in [0.29, 0.717) is 5.75 Å². The van der Waals surface area contributed by atoms with Gasteiger partial charge in [0.15, 0.2) is 0 Å². The molecule has 0 saturated heterocycles. The first-order chi connectivity index (χ1) is 13.0. The van der Waals surface area contributed by atoms with Crippen LogP contribution in [0.1, 0.15) is 26.7 Å². The van der Waals surface area contributed by atoms with Crippen molar-refractivity contribution >= 4 is 41.4 Å². The average Bonchev–Trinajstić information content (AvgIpc) is 2.60. The molecule has 0 aliphatic heterocycles. The summed E-state index contributed by atoms with van der Waals surface area (Å²) in [4.78, 5) is 58.1. The number of hydrogen-bond donors (Lipinski definition) is 6. The minimum Gasteiger partial charge on any atom is -0.481 e. The van der Waals surface area contributed by atoms with Gasteiger partial charge < -0.3 is 31.9 Å². The molecular weight excluding hydrogens is 392 g/mol. The Morgan fingerprint density at radius 2 is 1.61 bits per heavy atom. The first-order valence-electron chi connectivity index (χ1n) is 8.56. The fraction of sp³-hybridized carbons (Fsp3) is 0.688. The number of carboxylic acids is 2. The van der Waals surface area contributed by atoms with Crippen molar-refractivity contribution in [1.29, 1.82) is 0 Å². The zero-order valence-corrected chi connectivity index (χ0v) is 16.9. The topological polar surface area (TPSA) is 188 Å². The van der Waals surface area contributed by atoms with E-state index in [1.54, 1.807) is 20.1 Å². The standard InChI is InChI=1S/C16H28N4O7S/c1-8(2)13(17)15(25)20-10(6-12(22)23)14(24)18-7-11(21)19-9(16(26)27)4-5-28-3/h8-10,13H,4-7,17H2,1-3H3,(H,18,24)(H,19,21)(H,20,25)(H,22,23)(H,26,27). The Labute approximate surface area is 167 Å². The number of rotatable bonds is 13. The summed E-state index contributed by atoms with van der Waals surface area (Å²) in [5, 5.41) is 24.7. The molecule has 0 aromatic carbocycles. The molecule has 0 fully saturated rings. The van der Waals surface area contributed by atoms with E-state index in [2.05, 4.69) is 16.0 Å². The summed E-state index contributed by atoms with van der Waals surface area (Å²) in [6, 6.07) is -3.45. The lowest BCUT2D eigenvalue weighted by Gasteiger charge is -2.21. The van der Waals surface area contributed by atoms with Crippen LogP contribution in [0.5, 0.6) is 0 Å². The zero-order chi connectivity index (χ0) is 21.9. The number of hydrogen-bond acceptors (Lipinski definition) is 7. The quantitative estimate of drug-likeness (QED) is 0.203. The molecule has 0 aromatic rings. The van der Waals surface area contributed by atoms with E-state index in [0.717, 1.165) is 0 Å². The number of carbonyl (C=O) groups is 5. The lowest BCUT2D eigenvalue weighted by molar-refractivity contribution is -0.142. The molecule has 0 aliphatic carbocycles. The molecule has 3 amide bonds. The highest BCUT2D eigenvalue weighted by atomic mass is 32.2. The minimum atomic E-state index is -1.42. The van der Waals surface area contributed by atoms with E-state index >= 15 is 0 Å². The third-order valence-corrected chi connectivity index (χ3v) is 4.34. The van der Waals surface area contributed by atoms with Crippen molar-refractivity contribution in [3.63, 3.8) is 0 Å². The van der Waals surface area contributed by atoms with Gasteiger partial charge in [-0.25, -0.2) is 4.79 Å². The van der Waals surface area contributed by atoms with Crippen molar-refractivity contribution in [3.8, 4) is 0 Å². The highest BCUT2D eigenvalue weighted by Crippen LogP contribution is 2.02. The third kappa shape index (κ3) is 10.1. The van der Waals surface area contributed by atoms with Crippen LogP contribution in [0.2, 0.25) is 0 Å². The second kappa shape index (κ2) is 12.9. The van der Waals surface area contributed by atoms with E-state index in [-0.39, 0.29) is 12.3 Å². The number of nitrogens with one attached hydrogen (secondary N) is 3. The van der Waals surface area contributed by atoms with Crippen LogP contribution in [-0.4, -0.2) is 76.6 Å². The van der Waals surface area contributed by atoms with Crippen LogP contribution in [0, 0.1) is 5.92 Å². The number of thioether (sulfide) groups is 1. The zero-order valence-electron chi connectivity index (χ0n) is 16.1. The first kappa shape index (κ1) is 25.7. The van der Waals surface area contributed by atoms with Crippen LogP contribution in [0.15, 0.2) is 0 Å². The van der Waals surface area contributed by atoms with Gasteiger partial charge >= 0.3 is 11.9 Å². The van der Waals surface area contributed by atoms with E-state index in [9.17, 15) is 24.0 Å². The maximum Gasteiger partial charge on any atom is 0.326 e. The van der Waals surface area contributed by atoms with Gasteiger partial charge in [0.2, 0.25) is 17.7 Å². The molecule has 0 aliphatic rings. The monoisotopic (exact) mass is 420 g/mol. The highest BCUT2D eigenvalue weighted by molar-refractivity contribution is 7.98. The molecule has 0 heterocycles. The number of carboxylic acid groups (broad SMARTS) is 2. The number of aliphatic carboxylic acids is 2. The van der Waals surface area contributed by atoms with Gasteiger partial charge in [-0.05, 0) is 24.3 Å². The molecule has 3 atom stereocenters. The van der Waals surface area contributed by atoms with Crippen molar-refractivity contribution in [3.05, 3.63) is 0 Å². The van der Waals surface area contributed by atoms with Gasteiger partial charge in [-0.15, -0.1) is 0 Å². The van der Waals surface area contributed by atoms with Gasteiger partial charge in [-0.1, -0.05) is 13.8 Å². The van der Waals surface area contributed by atoms with E-state index in [1.807, 2.05) is 0 Å². The average molecular weight is 420 g/mol. The van der Waals surface area contributed by atoms with Crippen molar-refractivity contribution in [2.45, 2.75) is 44.8 Å². The van der Waals surface area contributed by atoms with Crippen molar-refractivity contribution in [2.75, 3.05) is 18.6 Å². The van der Waals surface area contributed by atoms with Crippen LogP contribution in [-0.2, 0) is 24.0 Å². The largest absolute Gasteiger partial charge is 0.481 e. The molecular formula is C16H28N4O7S.